The predicted octanol–water partition coefficient (Wildman–Crippen LogP) is 0.785. The van der Waals surface area contributed by atoms with Crippen LogP contribution >= 0.6 is 0 Å². The highest BCUT2D eigenvalue weighted by Gasteiger charge is 2.17. The van der Waals surface area contributed by atoms with Crippen molar-refractivity contribution < 1.29 is 18.4 Å². The summed E-state index contributed by atoms with van der Waals surface area (Å²) in [6.07, 6.45) is 0.482. The lowest BCUT2D eigenvalue weighted by molar-refractivity contribution is -0.384. The Hall–Kier alpha value is -1.51. The van der Waals surface area contributed by atoms with Crippen molar-refractivity contribution in [2.75, 3.05) is 6.61 Å². The van der Waals surface area contributed by atoms with Crippen LogP contribution in [0.15, 0.2) is 24.3 Å². The highest BCUT2D eigenvalue weighted by molar-refractivity contribution is 7.88. The highest BCUT2D eigenvalue weighted by Crippen LogP contribution is 2.13. The maximum atomic E-state index is 11.8. The molecule has 0 radical (unpaired) electrons. The number of nitro groups is 1. The Morgan fingerprint density at radius 2 is 1.95 bits per heavy atom. The number of aliphatic hydroxyl groups is 1. The van der Waals surface area contributed by atoms with E-state index >= 15 is 0 Å². The third kappa shape index (κ3) is 4.93. The van der Waals surface area contributed by atoms with Crippen molar-refractivity contribution in [1.82, 2.24) is 4.72 Å². The molecule has 2 N–H and O–H groups in total. The van der Waals surface area contributed by atoms with Gasteiger partial charge in [-0.25, -0.2) is 13.1 Å². The average molecular weight is 288 g/mol. The lowest BCUT2D eigenvalue weighted by Gasteiger charge is -2.14. The fourth-order valence-corrected chi connectivity index (χ4v) is 2.94. The molecule has 7 nitrogen and oxygen atoms in total. The van der Waals surface area contributed by atoms with E-state index in [9.17, 15) is 18.5 Å². The number of nitrogens with one attached hydrogen (secondary N) is 1. The molecule has 0 heterocycles. The maximum absolute atomic E-state index is 11.8. The summed E-state index contributed by atoms with van der Waals surface area (Å²) in [5.41, 5.74) is 0.363. The standard InChI is InChI=1S/C11H16N2O5S/c1-2-10(7-14)12-19(17,18)8-9-3-5-11(6-4-9)13(15)16/h3-6,10,12,14H,2,7-8H2,1H3/t10-/m1/s1. The molecule has 0 spiro atoms. The lowest BCUT2D eigenvalue weighted by Crippen LogP contribution is -2.37. The van der Waals surface area contributed by atoms with E-state index in [0.29, 0.717) is 12.0 Å². The first-order valence-corrected chi connectivity index (χ1v) is 7.37. The summed E-state index contributed by atoms with van der Waals surface area (Å²) >= 11 is 0. The van der Waals surface area contributed by atoms with E-state index in [2.05, 4.69) is 4.72 Å². The van der Waals surface area contributed by atoms with Gasteiger partial charge in [0.2, 0.25) is 10.0 Å². The van der Waals surface area contributed by atoms with Crippen LogP contribution in [0.25, 0.3) is 0 Å². The van der Waals surface area contributed by atoms with E-state index in [1.807, 2.05) is 0 Å². The number of nitro benzene ring substituents is 1. The average Bonchev–Trinajstić information content (AvgIpc) is 2.36. The maximum Gasteiger partial charge on any atom is 0.269 e. The van der Waals surface area contributed by atoms with Gasteiger partial charge in [-0.05, 0) is 12.0 Å². The Balaban J connectivity index is 2.75. The molecule has 0 aromatic heterocycles. The fourth-order valence-electron chi connectivity index (χ4n) is 1.48. The van der Waals surface area contributed by atoms with Gasteiger partial charge in [0.1, 0.15) is 0 Å². The van der Waals surface area contributed by atoms with Crippen molar-refractivity contribution in [3.63, 3.8) is 0 Å². The summed E-state index contributed by atoms with van der Waals surface area (Å²) in [4.78, 5) is 9.92. The first-order chi connectivity index (χ1) is 8.88. The van der Waals surface area contributed by atoms with Crippen LogP contribution < -0.4 is 4.72 Å². The topological polar surface area (TPSA) is 110 Å². The summed E-state index contributed by atoms with van der Waals surface area (Å²) in [6.45, 7) is 1.49. The molecule has 0 aliphatic heterocycles. The Morgan fingerprint density at radius 1 is 1.37 bits per heavy atom. The molecule has 1 aromatic carbocycles. The van der Waals surface area contributed by atoms with Crippen LogP contribution in [0, 0.1) is 10.1 Å². The molecule has 1 aromatic rings. The third-order valence-electron chi connectivity index (χ3n) is 2.56. The van der Waals surface area contributed by atoms with Crippen LogP contribution in [0.3, 0.4) is 0 Å². The van der Waals surface area contributed by atoms with Gasteiger partial charge < -0.3 is 5.11 Å². The van der Waals surface area contributed by atoms with E-state index in [-0.39, 0.29) is 18.0 Å². The molecule has 0 bridgehead atoms. The van der Waals surface area contributed by atoms with Gasteiger partial charge in [0.15, 0.2) is 0 Å². The largest absolute Gasteiger partial charge is 0.395 e. The highest BCUT2D eigenvalue weighted by atomic mass is 32.2. The summed E-state index contributed by atoms with van der Waals surface area (Å²) in [7, 11) is -3.57. The molecule has 0 saturated heterocycles. The smallest absolute Gasteiger partial charge is 0.269 e. The van der Waals surface area contributed by atoms with Crippen LogP contribution in [0.1, 0.15) is 18.9 Å². The molecule has 1 atom stereocenters. The normalized spacial score (nSPS) is 13.2. The van der Waals surface area contributed by atoms with E-state index < -0.39 is 21.0 Å². The lowest BCUT2D eigenvalue weighted by atomic mass is 10.2. The van der Waals surface area contributed by atoms with Crippen molar-refractivity contribution in [2.24, 2.45) is 0 Å². The zero-order valence-electron chi connectivity index (χ0n) is 10.4. The molecule has 8 heteroatoms. The monoisotopic (exact) mass is 288 g/mol. The number of aliphatic hydroxyl groups excluding tert-OH is 1. The Morgan fingerprint density at radius 3 is 2.37 bits per heavy atom. The first-order valence-electron chi connectivity index (χ1n) is 5.72. The van der Waals surface area contributed by atoms with Crippen molar-refractivity contribution in [3.8, 4) is 0 Å². The molecule has 1 rings (SSSR count). The molecular formula is C11H16N2O5S. The van der Waals surface area contributed by atoms with Crippen LogP contribution in [-0.4, -0.2) is 31.1 Å². The number of non-ortho nitro benzene ring substituents is 1. The molecule has 106 valence electrons. The minimum Gasteiger partial charge on any atom is -0.395 e. The fraction of sp³-hybridized carbons (Fsp3) is 0.455. The summed E-state index contributed by atoms with van der Waals surface area (Å²) in [6, 6.07) is 4.81. The molecule has 0 amide bonds. The van der Waals surface area contributed by atoms with Gasteiger partial charge in [-0.2, -0.15) is 0 Å². The minimum absolute atomic E-state index is 0.0871. The van der Waals surface area contributed by atoms with E-state index in [1.165, 1.54) is 24.3 Å². The van der Waals surface area contributed by atoms with Gasteiger partial charge in [0.05, 0.1) is 17.3 Å². The van der Waals surface area contributed by atoms with Gasteiger partial charge >= 0.3 is 0 Å². The van der Waals surface area contributed by atoms with E-state index in [1.54, 1.807) is 6.92 Å². The van der Waals surface area contributed by atoms with E-state index in [0.717, 1.165) is 0 Å². The Labute approximate surface area is 111 Å². The second-order valence-corrected chi connectivity index (χ2v) is 5.84. The van der Waals surface area contributed by atoms with E-state index in [4.69, 9.17) is 5.11 Å². The Kier molecular flexibility index (Phi) is 5.40. The zero-order chi connectivity index (χ0) is 14.5. The second kappa shape index (κ2) is 6.60. The van der Waals surface area contributed by atoms with Crippen LogP contribution in [0.5, 0.6) is 0 Å². The van der Waals surface area contributed by atoms with Crippen molar-refractivity contribution >= 4 is 15.7 Å². The Bertz CT molecular complexity index is 523. The number of rotatable bonds is 7. The van der Waals surface area contributed by atoms with Crippen LogP contribution in [0.2, 0.25) is 0 Å². The number of hydrogen-bond donors (Lipinski definition) is 2. The van der Waals surface area contributed by atoms with Crippen molar-refractivity contribution in [3.05, 3.63) is 39.9 Å². The first kappa shape index (κ1) is 15.5. The van der Waals surface area contributed by atoms with Gasteiger partial charge in [0, 0.05) is 18.2 Å². The van der Waals surface area contributed by atoms with Gasteiger partial charge in [-0.3, -0.25) is 10.1 Å². The second-order valence-electron chi connectivity index (χ2n) is 4.09. The predicted molar refractivity (Wildman–Crippen MR) is 70.0 cm³/mol. The summed E-state index contributed by atoms with van der Waals surface area (Å²) in [5.74, 6) is -0.276. The van der Waals surface area contributed by atoms with Crippen molar-refractivity contribution in [1.29, 1.82) is 0 Å². The number of nitrogens with zero attached hydrogens (tertiary/aromatic N) is 1. The SMILES string of the molecule is CC[C@H](CO)NS(=O)(=O)Cc1ccc([N+](=O)[O-])cc1. The van der Waals surface area contributed by atoms with Crippen molar-refractivity contribution in [2.45, 2.75) is 25.1 Å². The molecule has 0 aliphatic carbocycles. The van der Waals surface area contributed by atoms with Gasteiger partial charge in [0.25, 0.3) is 5.69 Å². The van der Waals surface area contributed by atoms with Crippen LogP contribution in [0.4, 0.5) is 5.69 Å². The molecule has 19 heavy (non-hydrogen) atoms. The number of benzene rings is 1. The van der Waals surface area contributed by atoms with Gasteiger partial charge in [-0.15, -0.1) is 0 Å². The summed E-state index contributed by atoms with van der Waals surface area (Å²) in [5, 5.41) is 19.4. The molecular weight excluding hydrogens is 272 g/mol. The van der Waals surface area contributed by atoms with Gasteiger partial charge in [-0.1, -0.05) is 19.1 Å². The molecule has 0 fully saturated rings. The minimum atomic E-state index is -3.57. The number of sulfonamides is 1. The third-order valence-corrected chi connectivity index (χ3v) is 3.97. The summed E-state index contributed by atoms with van der Waals surface area (Å²) < 4.78 is 25.9. The molecule has 0 unspecified atom stereocenters. The molecule has 0 aliphatic rings. The zero-order valence-corrected chi connectivity index (χ0v) is 11.3. The number of hydrogen-bond acceptors (Lipinski definition) is 5. The van der Waals surface area contributed by atoms with Crippen LogP contribution in [-0.2, 0) is 15.8 Å². The molecule has 0 saturated carbocycles. The quantitative estimate of drug-likeness (QED) is 0.569.